The van der Waals surface area contributed by atoms with Crippen molar-refractivity contribution >= 4 is 57.3 Å². The summed E-state index contributed by atoms with van der Waals surface area (Å²) in [5.74, 6) is 0.497. The zero-order chi connectivity index (χ0) is 21.2. The third kappa shape index (κ3) is 2.81. The normalized spacial score (nSPS) is 15.4. The molecule has 3 aromatic heterocycles. The zero-order valence-electron chi connectivity index (χ0n) is 16.6. The van der Waals surface area contributed by atoms with E-state index < -0.39 is 0 Å². The van der Waals surface area contributed by atoms with Gasteiger partial charge in [0, 0.05) is 43.7 Å². The maximum Gasteiger partial charge on any atom is 0.262 e. The molecule has 0 atom stereocenters. The maximum absolute atomic E-state index is 12.7. The van der Waals surface area contributed by atoms with Crippen molar-refractivity contribution < 1.29 is 10.2 Å². The molecule has 1 aliphatic rings. The number of nitrogens with two attached hydrogens (primary N) is 1. The predicted molar refractivity (Wildman–Crippen MR) is 123 cm³/mol. The molecule has 4 heterocycles. The summed E-state index contributed by atoms with van der Waals surface area (Å²) in [5.41, 5.74) is 9.32. The Morgan fingerprint density at radius 1 is 1.20 bits per heavy atom. The molecule has 5 rings (SSSR count). The van der Waals surface area contributed by atoms with Crippen LogP contribution in [0.2, 0.25) is 0 Å². The van der Waals surface area contributed by atoms with Gasteiger partial charge in [0.25, 0.3) is 5.56 Å². The molecule has 30 heavy (non-hydrogen) atoms. The first kappa shape index (κ1) is 18.8. The van der Waals surface area contributed by atoms with Crippen molar-refractivity contribution in [1.82, 2.24) is 19.9 Å². The van der Waals surface area contributed by atoms with Gasteiger partial charge >= 0.3 is 0 Å². The van der Waals surface area contributed by atoms with Crippen LogP contribution in [0.25, 0.3) is 32.6 Å². The number of nitrogens with one attached hydrogen (secondary N) is 2. The Morgan fingerprint density at radius 3 is 2.67 bits per heavy atom. The molecule has 0 unspecified atom stereocenters. The van der Waals surface area contributed by atoms with Crippen LogP contribution in [0, 0.1) is 0 Å². The lowest BCUT2D eigenvalue weighted by atomic mass is 9.91. The number of rotatable bonds is 2. The lowest BCUT2D eigenvalue weighted by molar-refractivity contribution is 0.312. The van der Waals surface area contributed by atoms with Crippen LogP contribution in [0.3, 0.4) is 0 Å². The molecule has 0 aliphatic carbocycles. The molecule has 1 aromatic carbocycles. The number of aromatic nitrogens is 3. The molecule has 0 radical (unpaired) electrons. The first-order valence-corrected chi connectivity index (χ1v) is 10.5. The summed E-state index contributed by atoms with van der Waals surface area (Å²) in [6, 6.07) is 3.15. The van der Waals surface area contributed by atoms with E-state index in [2.05, 4.69) is 31.8 Å². The number of H-pyrrole nitrogens is 2. The fraction of sp³-hybridized carbons (Fsp3) is 0.263. The standard InChI is InChI=1S/C19H21BN6O3S/c1-25-2-4-26(5-3-25)16-10(27)7-9-15(13(16)20)23-17(22-9)12-14(21)8-6-11(28)30-19(8)24-18(12)29/h6-7,27-28H,2-5,20H2,1H3,(H,22,23)(H3,21,24,29). The molecule has 11 heteroatoms. The molecule has 0 saturated carbocycles. The number of aromatic amines is 2. The van der Waals surface area contributed by atoms with Crippen LogP contribution in [0.15, 0.2) is 16.9 Å². The van der Waals surface area contributed by atoms with Gasteiger partial charge in [0.2, 0.25) is 0 Å². The van der Waals surface area contributed by atoms with E-state index in [1.54, 1.807) is 6.07 Å². The molecule has 1 fully saturated rings. The summed E-state index contributed by atoms with van der Waals surface area (Å²) in [6.07, 6.45) is 0. The van der Waals surface area contributed by atoms with Crippen molar-refractivity contribution in [2.45, 2.75) is 0 Å². The molecule has 1 aliphatic heterocycles. The molecule has 4 aromatic rings. The topological polar surface area (TPSA) is 134 Å². The van der Waals surface area contributed by atoms with Crippen molar-refractivity contribution in [1.29, 1.82) is 0 Å². The molecule has 0 spiro atoms. The van der Waals surface area contributed by atoms with E-state index in [1.165, 1.54) is 6.07 Å². The van der Waals surface area contributed by atoms with E-state index in [0.29, 0.717) is 21.6 Å². The molecule has 0 bridgehead atoms. The molecule has 154 valence electrons. The highest BCUT2D eigenvalue weighted by atomic mass is 32.1. The van der Waals surface area contributed by atoms with E-state index in [9.17, 15) is 15.0 Å². The fourth-order valence-electron chi connectivity index (χ4n) is 4.16. The van der Waals surface area contributed by atoms with Crippen LogP contribution >= 0.6 is 11.3 Å². The van der Waals surface area contributed by atoms with E-state index in [1.807, 2.05) is 7.85 Å². The second-order valence-corrected chi connectivity index (χ2v) is 8.74. The van der Waals surface area contributed by atoms with Crippen molar-refractivity contribution in [3.8, 4) is 22.2 Å². The number of hydrogen-bond acceptors (Lipinski definition) is 8. The molecule has 0 amide bonds. The number of anilines is 2. The molecular formula is C19H21BN6O3S. The van der Waals surface area contributed by atoms with E-state index >= 15 is 0 Å². The maximum atomic E-state index is 12.7. The van der Waals surface area contributed by atoms with Crippen LogP contribution in [0.1, 0.15) is 0 Å². The van der Waals surface area contributed by atoms with Crippen LogP contribution < -0.4 is 21.7 Å². The van der Waals surface area contributed by atoms with Crippen molar-refractivity contribution in [2.24, 2.45) is 0 Å². The number of phenolic OH excluding ortho intramolecular Hbond substituents is 1. The highest BCUT2D eigenvalue weighted by Crippen LogP contribution is 2.36. The van der Waals surface area contributed by atoms with Crippen LogP contribution in [-0.4, -0.2) is 71.1 Å². The SMILES string of the molecule is Bc1c(N2CCN(C)CC2)c(O)cc2nc(-c3c(N)c4cc(O)sc4[nH]c3=O)[nH]c12. The van der Waals surface area contributed by atoms with Gasteiger partial charge in [0.1, 0.15) is 29.8 Å². The summed E-state index contributed by atoms with van der Waals surface area (Å²) in [7, 11) is 4.02. The number of likely N-dealkylation sites (N-methyl/N-ethyl adjacent to an activating group) is 1. The lowest BCUT2D eigenvalue weighted by Crippen LogP contribution is -2.46. The minimum atomic E-state index is -0.387. The first-order valence-electron chi connectivity index (χ1n) is 9.64. The first-order chi connectivity index (χ1) is 14.3. The lowest BCUT2D eigenvalue weighted by Gasteiger charge is -2.35. The van der Waals surface area contributed by atoms with E-state index in [4.69, 9.17) is 5.73 Å². The van der Waals surface area contributed by atoms with Crippen LogP contribution in [0.4, 0.5) is 11.4 Å². The van der Waals surface area contributed by atoms with Gasteiger partial charge in [-0.1, -0.05) is 11.3 Å². The van der Waals surface area contributed by atoms with Gasteiger partial charge in [-0.15, -0.1) is 0 Å². The third-order valence-corrected chi connectivity index (χ3v) is 6.62. The summed E-state index contributed by atoms with van der Waals surface area (Å²) in [5, 5.41) is 21.1. The minimum absolute atomic E-state index is 0.0756. The fourth-order valence-corrected chi connectivity index (χ4v) is 4.97. The minimum Gasteiger partial charge on any atom is -0.506 e. The highest BCUT2D eigenvalue weighted by Gasteiger charge is 2.23. The predicted octanol–water partition coefficient (Wildman–Crippen LogP) is 0.136. The number of nitrogens with zero attached hydrogens (tertiary/aromatic N) is 3. The van der Waals surface area contributed by atoms with Gasteiger partial charge in [-0.25, -0.2) is 4.98 Å². The highest BCUT2D eigenvalue weighted by molar-refractivity contribution is 7.20. The summed E-state index contributed by atoms with van der Waals surface area (Å²) in [6.45, 7) is 3.49. The Hall–Kier alpha value is -3.18. The number of nitrogen functional groups attached to an aromatic ring is 1. The Morgan fingerprint density at radius 2 is 1.93 bits per heavy atom. The molecular weight excluding hydrogens is 403 g/mol. The third-order valence-electron chi connectivity index (χ3n) is 5.77. The average molecular weight is 424 g/mol. The largest absolute Gasteiger partial charge is 0.506 e. The zero-order valence-corrected chi connectivity index (χ0v) is 17.4. The number of fused-ring (bicyclic) bond motifs is 2. The second-order valence-electron chi connectivity index (χ2n) is 7.71. The molecule has 1 saturated heterocycles. The van der Waals surface area contributed by atoms with Gasteiger partial charge < -0.3 is 35.7 Å². The monoisotopic (exact) mass is 424 g/mol. The molecule has 9 nitrogen and oxygen atoms in total. The average Bonchev–Trinajstić information content (AvgIpc) is 3.26. The number of imidazole rings is 1. The Balaban J connectivity index is 1.67. The Kier molecular flexibility index (Phi) is 4.19. The number of pyridine rings is 1. The number of aromatic hydroxyl groups is 2. The quantitative estimate of drug-likeness (QED) is 0.289. The summed E-state index contributed by atoms with van der Waals surface area (Å²) in [4.78, 5) is 28.2. The number of piperazine rings is 1. The van der Waals surface area contributed by atoms with E-state index in [-0.39, 0.29) is 27.6 Å². The van der Waals surface area contributed by atoms with Gasteiger partial charge in [0.15, 0.2) is 5.06 Å². The van der Waals surface area contributed by atoms with Crippen LogP contribution in [-0.2, 0) is 0 Å². The summed E-state index contributed by atoms with van der Waals surface area (Å²) >= 11 is 1.06. The second kappa shape index (κ2) is 6.68. The Bertz CT molecular complexity index is 1350. The Labute approximate surface area is 176 Å². The van der Waals surface area contributed by atoms with E-state index in [0.717, 1.165) is 54.2 Å². The van der Waals surface area contributed by atoms with Gasteiger partial charge in [-0.05, 0) is 12.5 Å². The van der Waals surface area contributed by atoms with Crippen molar-refractivity contribution in [3.05, 3.63) is 22.5 Å². The van der Waals surface area contributed by atoms with Crippen molar-refractivity contribution in [3.63, 3.8) is 0 Å². The van der Waals surface area contributed by atoms with Gasteiger partial charge in [0.05, 0.1) is 22.4 Å². The number of thiophene rings is 1. The smallest absolute Gasteiger partial charge is 0.262 e. The van der Waals surface area contributed by atoms with Gasteiger partial charge in [-0.2, -0.15) is 0 Å². The van der Waals surface area contributed by atoms with Gasteiger partial charge in [-0.3, -0.25) is 4.79 Å². The van der Waals surface area contributed by atoms with Crippen molar-refractivity contribution in [2.75, 3.05) is 43.9 Å². The van der Waals surface area contributed by atoms with Crippen LogP contribution in [0.5, 0.6) is 10.8 Å². The molecule has 6 N–H and O–H groups in total. The number of hydrogen-bond donors (Lipinski definition) is 5. The summed E-state index contributed by atoms with van der Waals surface area (Å²) < 4.78 is 0. The number of benzene rings is 1. The number of phenols is 1.